The van der Waals surface area contributed by atoms with E-state index in [1.54, 1.807) is 43.5 Å². The number of nitrogens with two attached hydrogens (primary N) is 1. The summed E-state index contributed by atoms with van der Waals surface area (Å²) in [5, 5.41) is 19.1. The summed E-state index contributed by atoms with van der Waals surface area (Å²) in [5.41, 5.74) is 2.07. The highest BCUT2D eigenvalue weighted by atomic mass is 32.2. The topological polar surface area (TPSA) is 144 Å². The Morgan fingerprint density at radius 1 is 1.16 bits per heavy atom. The first-order valence-electron chi connectivity index (χ1n) is 9.70. The summed E-state index contributed by atoms with van der Waals surface area (Å²) >= 11 is 0. The molecule has 1 aromatic heterocycles. The van der Waals surface area contributed by atoms with Crippen molar-refractivity contribution in [2.45, 2.75) is 23.8 Å². The minimum Gasteiger partial charge on any atom is -0.381 e. The molecule has 31 heavy (non-hydrogen) atoms. The Morgan fingerprint density at radius 2 is 1.87 bits per heavy atom. The van der Waals surface area contributed by atoms with Gasteiger partial charge in [-0.05, 0) is 47.4 Å². The van der Waals surface area contributed by atoms with Crippen LogP contribution in [0.1, 0.15) is 23.2 Å². The Kier molecular flexibility index (Phi) is 5.81. The monoisotopic (exact) mass is 442 g/mol. The molecule has 2 heterocycles. The minimum absolute atomic E-state index is 0.0437. The molecule has 3 N–H and O–H groups in total. The van der Waals surface area contributed by atoms with Gasteiger partial charge in [-0.25, -0.2) is 13.6 Å². The van der Waals surface area contributed by atoms with E-state index in [2.05, 4.69) is 20.6 Å². The molecule has 0 aliphatic carbocycles. The molecular weight excluding hydrogens is 420 g/mol. The number of rotatable bonds is 5. The second kappa shape index (κ2) is 8.53. The van der Waals surface area contributed by atoms with Crippen molar-refractivity contribution in [2.24, 2.45) is 5.14 Å². The van der Waals surface area contributed by atoms with Crippen LogP contribution in [0, 0.1) is 0 Å². The molecule has 0 bridgehead atoms. The number of nitrogens with one attached hydrogen (secondary N) is 1. The molecule has 0 spiro atoms. The lowest BCUT2D eigenvalue weighted by molar-refractivity contribution is 0.0351. The smallest absolute Gasteiger partial charge is 0.253 e. The number of aromatic nitrogens is 4. The number of nitrogens with zero attached hydrogens (tertiary/aromatic N) is 4. The van der Waals surface area contributed by atoms with Crippen LogP contribution < -0.4 is 5.14 Å². The molecule has 0 saturated carbocycles. The number of aromatic amines is 1. The molecule has 0 radical (unpaired) electrons. The predicted molar refractivity (Wildman–Crippen MR) is 112 cm³/mol. The summed E-state index contributed by atoms with van der Waals surface area (Å²) in [6.07, 6.45) is 1.82. The summed E-state index contributed by atoms with van der Waals surface area (Å²) in [5.74, 6) is 0.0681. The van der Waals surface area contributed by atoms with E-state index in [0.29, 0.717) is 29.8 Å². The maximum absolute atomic E-state index is 12.8. The average Bonchev–Trinajstić information content (AvgIpc) is 3.32. The van der Waals surface area contributed by atoms with Crippen LogP contribution in [-0.2, 0) is 14.8 Å². The zero-order valence-corrected chi connectivity index (χ0v) is 17.7. The van der Waals surface area contributed by atoms with E-state index >= 15 is 0 Å². The lowest BCUT2D eigenvalue weighted by atomic mass is 9.97. The number of primary sulfonamides is 1. The van der Waals surface area contributed by atoms with Crippen LogP contribution in [0.15, 0.2) is 47.4 Å². The normalized spacial score (nSPS) is 15.2. The highest BCUT2D eigenvalue weighted by molar-refractivity contribution is 7.89. The predicted octanol–water partition coefficient (Wildman–Crippen LogP) is 1.43. The lowest BCUT2D eigenvalue weighted by Gasteiger charge is -2.31. The SMILES string of the molecule is COC1CCN(C(=O)c2ccc(-c3cccc(S(N)(=O)=O)c3-c3nn[nH]n3)cc2)CC1. The summed E-state index contributed by atoms with van der Waals surface area (Å²) < 4.78 is 29.6. The summed E-state index contributed by atoms with van der Waals surface area (Å²) in [6.45, 7) is 1.30. The molecule has 4 rings (SSSR count). The van der Waals surface area contributed by atoms with Gasteiger partial charge in [-0.1, -0.05) is 24.3 Å². The summed E-state index contributed by atoms with van der Waals surface area (Å²) in [4.78, 5) is 14.6. The van der Waals surface area contributed by atoms with E-state index in [4.69, 9.17) is 9.88 Å². The molecule has 10 nitrogen and oxygen atoms in total. The van der Waals surface area contributed by atoms with E-state index in [1.165, 1.54) is 6.07 Å². The van der Waals surface area contributed by atoms with Crippen molar-refractivity contribution in [1.29, 1.82) is 0 Å². The van der Waals surface area contributed by atoms with Crippen molar-refractivity contribution in [3.63, 3.8) is 0 Å². The molecule has 1 aliphatic heterocycles. The minimum atomic E-state index is -4.03. The molecular formula is C20H22N6O4S. The third-order valence-corrected chi connectivity index (χ3v) is 6.36. The Bertz CT molecular complexity index is 1170. The number of carbonyl (C=O) groups is 1. The van der Waals surface area contributed by atoms with Crippen molar-refractivity contribution < 1.29 is 17.9 Å². The maximum Gasteiger partial charge on any atom is 0.253 e. The van der Waals surface area contributed by atoms with E-state index in [9.17, 15) is 13.2 Å². The number of likely N-dealkylation sites (tertiary alicyclic amines) is 1. The van der Waals surface area contributed by atoms with Crippen LogP contribution in [0.4, 0.5) is 0 Å². The van der Waals surface area contributed by atoms with Crippen LogP contribution in [0.3, 0.4) is 0 Å². The zero-order chi connectivity index (χ0) is 22.0. The number of hydrogen-bond donors (Lipinski definition) is 2. The molecule has 1 aliphatic rings. The van der Waals surface area contributed by atoms with Gasteiger partial charge < -0.3 is 9.64 Å². The fraction of sp³-hybridized carbons (Fsp3) is 0.300. The van der Waals surface area contributed by atoms with Crippen molar-refractivity contribution in [3.05, 3.63) is 48.0 Å². The number of carbonyl (C=O) groups excluding carboxylic acids is 1. The fourth-order valence-corrected chi connectivity index (χ4v) is 4.53. The number of hydrogen-bond acceptors (Lipinski definition) is 7. The lowest BCUT2D eigenvalue weighted by Crippen LogP contribution is -2.40. The van der Waals surface area contributed by atoms with Crippen molar-refractivity contribution in [3.8, 4) is 22.5 Å². The van der Waals surface area contributed by atoms with Gasteiger partial charge in [0.1, 0.15) is 0 Å². The second-order valence-electron chi connectivity index (χ2n) is 7.26. The van der Waals surface area contributed by atoms with Gasteiger partial charge in [0, 0.05) is 25.8 Å². The third kappa shape index (κ3) is 4.33. The van der Waals surface area contributed by atoms with Gasteiger partial charge in [0.2, 0.25) is 15.8 Å². The Balaban J connectivity index is 1.67. The highest BCUT2D eigenvalue weighted by Crippen LogP contribution is 2.35. The van der Waals surface area contributed by atoms with Crippen LogP contribution in [0.5, 0.6) is 0 Å². The van der Waals surface area contributed by atoms with E-state index in [-0.39, 0.29) is 28.3 Å². The highest BCUT2D eigenvalue weighted by Gasteiger charge is 2.25. The molecule has 11 heteroatoms. The number of amides is 1. The first-order valence-corrected chi connectivity index (χ1v) is 11.2. The third-order valence-electron chi connectivity index (χ3n) is 5.41. The van der Waals surface area contributed by atoms with Gasteiger partial charge in [0.05, 0.1) is 16.6 Å². The first kappa shape index (κ1) is 21.1. The molecule has 1 fully saturated rings. The van der Waals surface area contributed by atoms with Crippen LogP contribution in [0.2, 0.25) is 0 Å². The number of tetrazole rings is 1. The molecule has 3 aromatic rings. The van der Waals surface area contributed by atoms with Gasteiger partial charge in [-0.3, -0.25) is 4.79 Å². The number of methoxy groups -OCH3 is 1. The number of H-pyrrole nitrogens is 1. The fourth-order valence-electron chi connectivity index (χ4n) is 3.78. The maximum atomic E-state index is 12.8. The molecule has 1 saturated heterocycles. The Morgan fingerprint density at radius 3 is 2.45 bits per heavy atom. The number of piperidine rings is 1. The number of sulfonamides is 1. The Labute approximate surface area is 179 Å². The van der Waals surface area contributed by atoms with Crippen LogP contribution >= 0.6 is 0 Å². The second-order valence-corrected chi connectivity index (χ2v) is 8.79. The summed E-state index contributed by atoms with van der Waals surface area (Å²) in [7, 11) is -2.34. The zero-order valence-electron chi connectivity index (χ0n) is 16.9. The molecule has 162 valence electrons. The standard InChI is InChI=1S/C20H22N6O4S/c1-30-15-9-11-26(12-10-15)20(27)14-7-5-13(6-8-14)16-3-2-4-17(31(21,28)29)18(16)19-22-24-25-23-19/h2-8,15H,9-12H2,1H3,(H2,21,28,29)(H,22,23,24,25). The molecule has 0 unspecified atom stereocenters. The quantitative estimate of drug-likeness (QED) is 0.608. The largest absolute Gasteiger partial charge is 0.381 e. The van der Waals surface area contributed by atoms with Gasteiger partial charge in [0.15, 0.2) is 0 Å². The van der Waals surface area contributed by atoms with Crippen molar-refractivity contribution in [2.75, 3.05) is 20.2 Å². The van der Waals surface area contributed by atoms with Crippen LogP contribution in [0.25, 0.3) is 22.5 Å². The van der Waals surface area contributed by atoms with E-state index < -0.39 is 10.0 Å². The van der Waals surface area contributed by atoms with Gasteiger partial charge >= 0.3 is 0 Å². The molecule has 1 amide bonds. The van der Waals surface area contributed by atoms with Crippen molar-refractivity contribution in [1.82, 2.24) is 25.5 Å². The first-order chi connectivity index (χ1) is 14.9. The van der Waals surface area contributed by atoms with E-state index in [1.807, 2.05) is 4.90 Å². The summed E-state index contributed by atoms with van der Waals surface area (Å²) in [6, 6.07) is 11.7. The Hall–Kier alpha value is -3.15. The molecule has 2 aromatic carbocycles. The van der Waals surface area contributed by atoms with E-state index in [0.717, 1.165) is 12.8 Å². The number of benzene rings is 2. The number of ether oxygens (including phenoxy) is 1. The van der Waals surface area contributed by atoms with Gasteiger partial charge in [-0.2, -0.15) is 5.21 Å². The van der Waals surface area contributed by atoms with Crippen molar-refractivity contribution >= 4 is 15.9 Å². The van der Waals surface area contributed by atoms with Gasteiger partial charge in [-0.15, -0.1) is 10.2 Å². The van der Waals surface area contributed by atoms with Gasteiger partial charge in [0.25, 0.3) is 5.91 Å². The molecule has 0 atom stereocenters. The van der Waals surface area contributed by atoms with Crippen LogP contribution in [-0.4, -0.2) is 66.2 Å². The average molecular weight is 443 g/mol.